The van der Waals surface area contributed by atoms with Crippen molar-refractivity contribution in [3.8, 4) is 12.3 Å². The van der Waals surface area contributed by atoms with E-state index in [4.69, 9.17) is 22.8 Å². The Morgan fingerprint density at radius 2 is 2.33 bits per heavy atom. The first-order valence-corrected chi connectivity index (χ1v) is 5.55. The average Bonchev–Trinajstić information content (AvgIpc) is 2.98. The molecular weight excluding hydrogens is 208 g/mol. The van der Waals surface area contributed by atoms with Crippen molar-refractivity contribution >= 4 is 11.6 Å². The van der Waals surface area contributed by atoms with Crippen molar-refractivity contribution in [2.75, 3.05) is 0 Å². The molecule has 78 valence electrons. The first kappa shape index (κ1) is 10.5. The first-order chi connectivity index (χ1) is 7.26. The lowest BCUT2D eigenvalue weighted by Crippen LogP contribution is -1.92. The monoisotopic (exact) mass is 220 g/mol. The molecule has 1 nitrogen and oxygen atoms in total. The van der Waals surface area contributed by atoms with E-state index >= 15 is 0 Å². The summed E-state index contributed by atoms with van der Waals surface area (Å²) in [6.07, 6.45) is 8.15. The fraction of sp³-hybridized carbons (Fsp3) is 0.385. The molecule has 0 saturated carbocycles. The smallest absolute Gasteiger partial charge is 0.110 e. The van der Waals surface area contributed by atoms with E-state index in [-0.39, 0.29) is 6.10 Å². The van der Waals surface area contributed by atoms with E-state index in [1.165, 1.54) is 0 Å². The van der Waals surface area contributed by atoms with Crippen molar-refractivity contribution < 1.29 is 4.74 Å². The molecule has 0 radical (unpaired) electrons. The maximum Gasteiger partial charge on any atom is 0.110 e. The summed E-state index contributed by atoms with van der Waals surface area (Å²) in [6, 6.07) is 5.61. The zero-order valence-electron chi connectivity index (χ0n) is 8.66. The zero-order chi connectivity index (χ0) is 10.8. The van der Waals surface area contributed by atoms with Gasteiger partial charge in [-0.05, 0) is 24.6 Å². The van der Waals surface area contributed by atoms with Crippen molar-refractivity contribution in [3.05, 3.63) is 34.3 Å². The second-order valence-electron chi connectivity index (χ2n) is 3.76. The van der Waals surface area contributed by atoms with Gasteiger partial charge in [0.1, 0.15) is 6.10 Å². The van der Waals surface area contributed by atoms with Gasteiger partial charge in [0.15, 0.2) is 0 Å². The third-order valence-electron chi connectivity index (χ3n) is 2.63. The molecule has 1 aromatic rings. The molecule has 0 spiro atoms. The number of hydrogen-bond acceptors (Lipinski definition) is 1. The van der Waals surface area contributed by atoms with Gasteiger partial charge in [-0.25, -0.2) is 0 Å². The summed E-state index contributed by atoms with van der Waals surface area (Å²) in [5.74, 6) is 2.67. The first-order valence-electron chi connectivity index (χ1n) is 5.17. The van der Waals surface area contributed by atoms with E-state index in [2.05, 4.69) is 12.8 Å². The maximum atomic E-state index is 5.95. The van der Waals surface area contributed by atoms with Crippen LogP contribution in [-0.2, 0) is 4.74 Å². The summed E-state index contributed by atoms with van der Waals surface area (Å²) in [7, 11) is 0. The van der Waals surface area contributed by atoms with E-state index in [0.717, 1.165) is 29.0 Å². The molecule has 1 aliphatic rings. The number of ether oxygens (including phenoxy) is 1. The van der Waals surface area contributed by atoms with E-state index in [9.17, 15) is 0 Å². The molecule has 2 atom stereocenters. The molecule has 1 aromatic carbocycles. The number of halogens is 1. The summed E-state index contributed by atoms with van der Waals surface area (Å²) in [5, 5.41) is 0.717. The van der Waals surface area contributed by atoms with Gasteiger partial charge >= 0.3 is 0 Å². The van der Waals surface area contributed by atoms with E-state index in [1.54, 1.807) is 0 Å². The summed E-state index contributed by atoms with van der Waals surface area (Å²) in [4.78, 5) is 0. The summed E-state index contributed by atoms with van der Waals surface area (Å²) >= 11 is 5.95. The van der Waals surface area contributed by atoms with Crippen LogP contribution in [0, 0.1) is 12.3 Å². The van der Waals surface area contributed by atoms with Crippen LogP contribution in [0.4, 0.5) is 0 Å². The minimum Gasteiger partial charge on any atom is -0.364 e. The van der Waals surface area contributed by atoms with Crippen LogP contribution in [0.5, 0.6) is 0 Å². The number of benzene rings is 1. The van der Waals surface area contributed by atoms with Crippen LogP contribution in [0.3, 0.4) is 0 Å². The Kier molecular flexibility index (Phi) is 3.00. The second-order valence-corrected chi connectivity index (χ2v) is 4.20. The van der Waals surface area contributed by atoms with Crippen molar-refractivity contribution in [3.63, 3.8) is 0 Å². The molecule has 15 heavy (non-hydrogen) atoms. The molecule has 0 bridgehead atoms. The van der Waals surface area contributed by atoms with E-state index < -0.39 is 0 Å². The Bertz CT molecular complexity index is 405. The fourth-order valence-corrected chi connectivity index (χ4v) is 2.00. The van der Waals surface area contributed by atoms with Gasteiger partial charge in [0.25, 0.3) is 0 Å². The van der Waals surface area contributed by atoms with Crippen LogP contribution in [0.15, 0.2) is 18.2 Å². The lowest BCUT2D eigenvalue weighted by Gasteiger charge is -2.01. The van der Waals surface area contributed by atoms with Gasteiger partial charge in [0.05, 0.1) is 6.10 Å². The Morgan fingerprint density at radius 1 is 1.53 bits per heavy atom. The largest absolute Gasteiger partial charge is 0.364 e. The summed E-state index contributed by atoms with van der Waals surface area (Å²) in [6.45, 7) is 2.15. The summed E-state index contributed by atoms with van der Waals surface area (Å²) in [5.41, 5.74) is 1.95. The second kappa shape index (κ2) is 4.26. The normalized spacial score (nSPS) is 23.5. The van der Waals surface area contributed by atoms with Crippen molar-refractivity contribution in [1.29, 1.82) is 0 Å². The topological polar surface area (TPSA) is 12.5 Å². The maximum absolute atomic E-state index is 5.95. The highest BCUT2D eigenvalue weighted by Crippen LogP contribution is 2.43. The minimum atomic E-state index is 0.162. The molecule has 0 aromatic heterocycles. The molecule has 1 heterocycles. The van der Waals surface area contributed by atoms with E-state index in [0.29, 0.717) is 6.10 Å². The lowest BCUT2D eigenvalue weighted by atomic mass is 10.0. The average molecular weight is 221 g/mol. The van der Waals surface area contributed by atoms with Crippen molar-refractivity contribution in [2.24, 2.45) is 0 Å². The van der Waals surface area contributed by atoms with Crippen molar-refractivity contribution in [2.45, 2.75) is 32.0 Å². The summed E-state index contributed by atoms with van der Waals surface area (Å²) < 4.78 is 5.59. The van der Waals surface area contributed by atoms with E-state index in [1.807, 2.05) is 18.2 Å². The zero-order valence-corrected chi connectivity index (χ0v) is 9.42. The molecule has 1 aliphatic heterocycles. The van der Waals surface area contributed by atoms with Crippen LogP contribution >= 0.6 is 11.6 Å². The van der Waals surface area contributed by atoms with Crippen LogP contribution < -0.4 is 0 Å². The molecule has 1 fully saturated rings. The highest BCUT2D eigenvalue weighted by atomic mass is 35.5. The predicted octanol–water partition coefficient (Wildman–Crippen LogP) is 3.56. The van der Waals surface area contributed by atoms with Crippen LogP contribution in [-0.4, -0.2) is 6.10 Å². The Labute approximate surface area is 95.4 Å². The molecule has 1 saturated heterocycles. The van der Waals surface area contributed by atoms with Crippen LogP contribution in [0.1, 0.15) is 37.0 Å². The number of terminal acetylenes is 1. The molecule has 0 amide bonds. The molecule has 0 N–H and O–H groups in total. The molecule has 2 rings (SSSR count). The van der Waals surface area contributed by atoms with Crippen LogP contribution in [0.25, 0.3) is 0 Å². The van der Waals surface area contributed by atoms with Gasteiger partial charge in [-0.3, -0.25) is 0 Å². The molecule has 0 aliphatic carbocycles. The van der Waals surface area contributed by atoms with Gasteiger partial charge in [0.2, 0.25) is 0 Å². The van der Waals surface area contributed by atoms with Gasteiger partial charge < -0.3 is 4.74 Å². The van der Waals surface area contributed by atoms with Gasteiger partial charge in [-0.15, -0.1) is 6.42 Å². The highest BCUT2D eigenvalue weighted by molar-refractivity contribution is 6.30. The Morgan fingerprint density at radius 3 is 3.00 bits per heavy atom. The SMILES string of the molecule is C#Cc1ccc(Cl)cc1C1OC1CCC. The van der Waals surface area contributed by atoms with Crippen LogP contribution in [0.2, 0.25) is 5.02 Å². The molecule has 2 heteroatoms. The highest BCUT2D eigenvalue weighted by Gasteiger charge is 2.40. The quantitative estimate of drug-likeness (QED) is 0.561. The Hall–Kier alpha value is -0.970. The fourth-order valence-electron chi connectivity index (χ4n) is 1.82. The third-order valence-corrected chi connectivity index (χ3v) is 2.87. The third kappa shape index (κ3) is 2.17. The molecule has 2 unspecified atom stereocenters. The number of hydrogen-bond donors (Lipinski definition) is 0. The Balaban J connectivity index is 2.22. The standard InChI is InChI=1S/C13H13ClO/c1-3-5-12-13(15-12)11-8-10(14)7-6-9(11)4-2/h2,6-8,12-13H,3,5H2,1H3. The van der Waals surface area contributed by atoms with Gasteiger partial charge in [0, 0.05) is 16.1 Å². The predicted molar refractivity (Wildman–Crippen MR) is 61.9 cm³/mol. The van der Waals surface area contributed by atoms with Gasteiger partial charge in [-0.2, -0.15) is 0 Å². The van der Waals surface area contributed by atoms with Gasteiger partial charge in [-0.1, -0.05) is 30.9 Å². The molecular formula is C13H13ClO. The van der Waals surface area contributed by atoms with Crippen molar-refractivity contribution in [1.82, 2.24) is 0 Å². The minimum absolute atomic E-state index is 0.162. The lowest BCUT2D eigenvalue weighted by molar-refractivity contribution is 0.364. The number of rotatable bonds is 3. The number of epoxide rings is 1.